The van der Waals surface area contributed by atoms with Crippen LogP contribution in [0, 0.1) is 0 Å². The Kier molecular flexibility index (Phi) is 5.27. The molecule has 0 bridgehead atoms. The lowest BCUT2D eigenvalue weighted by atomic mass is 9.84. The van der Waals surface area contributed by atoms with E-state index >= 15 is 0 Å². The molecule has 9 rings (SSSR count). The van der Waals surface area contributed by atoms with E-state index in [0.29, 0.717) is 0 Å². The van der Waals surface area contributed by atoms with Crippen molar-refractivity contribution in [3.05, 3.63) is 158 Å². The van der Waals surface area contributed by atoms with Crippen LogP contribution in [0.5, 0.6) is 0 Å². The number of fused-ring (bicyclic) bond motifs is 7. The van der Waals surface area contributed by atoms with Crippen LogP contribution in [0.15, 0.2) is 162 Å². The van der Waals surface area contributed by atoms with Crippen LogP contribution in [0.2, 0.25) is 0 Å². The van der Waals surface area contributed by atoms with Crippen molar-refractivity contribution in [3.8, 4) is 33.4 Å². The molecule has 1 aromatic heterocycles. The first-order valence-corrected chi connectivity index (χ1v) is 14.8. The van der Waals surface area contributed by atoms with Crippen molar-refractivity contribution >= 4 is 54.3 Å². The van der Waals surface area contributed by atoms with Crippen LogP contribution in [-0.4, -0.2) is 0 Å². The Bertz CT molecular complexity index is 2430. The summed E-state index contributed by atoms with van der Waals surface area (Å²) in [7, 11) is 0. The Balaban J connectivity index is 1.50. The predicted octanol–water partition coefficient (Wildman–Crippen LogP) is 12.0. The molecule has 0 saturated heterocycles. The molecular weight excluding hydrogens is 520 g/mol. The third-order valence-corrected chi connectivity index (χ3v) is 8.83. The highest BCUT2D eigenvalue weighted by molar-refractivity contribution is 6.27. The summed E-state index contributed by atoms with van der Waals surface area (Å²) >= 11 is 0. The molecule has 1 nitrogen and oxygen atoms in total. The molecule has 1 heterocycles. The van der Waals surface area contributed by atoms with E-state index in [4.69, 9.17) is 4.42 Å². The Labute approximate surface area is 249 Å². The minimum Gasteiger partial charge on any atom is -0.455 e. The molecule has 9 aromatic rings. The summed E-state index contributed by atoms with van der Waals surface area (Å²) in [6.07, 6.45) is 0. The van der Waals surface area contributed by atoms with E-state index in [0.717, 1.165) is 32.9 Å². The van der Waals surface area contributed by atoms with E-state index in [1.54, 1.807) is 0 Å². The quantitative estimate of drug-likeness (QED) is 0.201. The Hall–Kier alpha value is -5.66. The third-order valence-electron chi connectivity index (χ3n) is 8.83. The number of hydrogen-bond donors (Lipinski definition) is 0. The van der Waals surface area contributed by atoms with E-state index in [1.165, 1.54) is 54.7 Å². The minimum atomic E-state index is 0.906. The molecule has 0 aliphatic heterocycles. The SMILES string of the molecule is c1ccc(-c2cc(-c3c4ccccc4c(-c4ccccc4)c4ccccc34)c3c(c2)oc2c4ccccc4ccc23)cc1. The smallest absolute Gasteiger partial charge is 0.143 e. The summed E-state index contributed by atoms with van der Waals surface area (Å²) in [5.74, 6) is 0. The standard InChI is InChI=1S/C42H26O/c1-3-13-27(14-4-1)30-25-37(41-36-24-23-28-15-7-8-18-31(28)42(36)43-38(41)26-30)40-34-21-11-9-19-32(34)39(29-16-5-2-6-17-29)33-20-10-12-22-35(33)40/h1-26H. The molecule has 0 aliphatic carbocycles. The molecule has 0 N–H and O–H groups in total. The fourth-order valence-corrected chi connectivity index (χ4v) is 6.96. The van der Waals surface area contributed by atoms with Crippen molar-refractivity contribution in [2.24, 2.45) is 0 Å². The largest absolute Gasteiger partial charge is 0.455 e. The molecule has 0 amide bonds. The van der Waals surface area contributed by atoms with E-state index in [1.807, 2.05) is 0 Å². The lowest BCUT2D eigenvalue weighted by Gasteiger charge is -2.19. The average molecular weight is 547 g/mol. The van der Waals surface area contributed by atoms with Gasteiger partial charge < -0.3 is 4.42 Å². The normalized spacial score (nSPS) is 11.7. The second-order valence-corrected chi connectivity index (χ2v) is 11.2. The van der Waals surface area contributed by atoms with Gasteiger partial charge in [0, 0.05) is 16.2 Å². The maximum Gasteiger partial charge on any atom is 0.143 e. The fraction of sp³-hybridized carbons (Fsp3) is 0. The summed E-state index contributed by atoms with van der Waals surface area (Å²) in [6, 6.07) is 56.7. The number of rotatable bonds is 3. The molecule has 8 aromatic carbocycles. The number of furan rings is 1. The van der Waals surface area contributed by atoms with Crippen molar-refractivity contribution in [3.63, 3.8) is 0 Å². The van der Waals surface area contributed by atoms with Crippen molar-refractivity contribution in [1.82, 2.24) is 0 Å². The highest BCUT2D eigenvalue weighted by Gasteiger charge is 2.22. The van der Waals surface area contributed by atoms with Gasteiger partial charge in [-0.05, 0) is 78.5 Å². The summed E-state index contributed by atoms with van der Waals surface area (Å²) in [6.45, 7) is 0. The van der Waals surface area contributed by atoms with Crippen LogP contribution in [0.25, 0.3) is 87.6 Å². The maximum absolute atomic E-state index is 6.81. The molecule has 0 spiro atoms. The molecule has 0 unspecified atom stereocenters. The highest BCUT2D eigenvalue weighted by Crippen LogP contribution is 2.48. The second kappa shape index (κ2) is 9.44. The van der Waals surface area contributed by atoms with E-state index in [2.05, 4.69) is 158 Å². The summed E-state index contributed by atoms with van der Waals surface area (Å²) < 4.78 is 6.81. The molecule has 0 atom stereocenters. The zero-order chi connectivity index (χ0) is 28.3. The first-order chi connectivity index (χ1) is 21.3. The highest BCUT2D eigenvalue weighted by atomic mass is 16.3. The predicted molar refractivity (Wildman–Crippen MR) is 183 cm³/mol. The Morgan fingerprint density at radius 3 is 1.53 bits per heavy atom. The third kappa shape index (κ3) is 3.65. The number of hydrogen-bond acceptors (Lipinski definition) is 1. The van der Waals surface area contributed by atoms with Gasteiger partial charge in [0.15, 0.2) is 0 Å². The van der Waals surface area contributed by atoms with Gasteiger partial charge in [0.05, 0.1) is 0 Å². The number of benzene rings is 8. The van der Waals surface area contributed by atoms with Gasteiger partial charge in [-0.1, -0.05) is 140 Å². The van der Waals surface area contributed by atoms with Crippen molar-refractivity contribution < 1.29 is 4.42 Å². The lowest BCUT2D eigenvalue weighted by Crippen LogP contribution is -1.92. The van der Waals surface area contributed by atoms with Gasteiger partial charge in [-0.15, -0.1) is 0 Å². The first-order valence-electron chi connectivity index (χ1n) is 14.8. The van der Waals surface area contributed by atoms with Crippen LogP contribution in [0.3, 0.4) is 0 Å². The molecular formula is C42H26O. The lowest BCUT2D eigenvalue weighted by molar-refractivity contribution is 0.673. The van der Waals surface area contributed by atoms with Crippen LogP contribution in [0.1, 0.15) is 0 Å². The topological polar surface area (TPSA) is 13.1 Å². The van der Waals surface area contributed by atoms with Gasteiger partial charge in [0.2, 0.25) is 0 Å². The fourth-order valence-electron chi connectivity index (χ4n) is 6.96. The van der Waals surface area contributed by atoms with Crippen molar-refractivity contribution in [1.29, 1.82) is 0 Å². The van der Waals surface area contributed by atoms with Crippen LogP contribution < -0.4 is 0 Å². The van der Waals surface area contributed by atoms with Crippen LogP contribution in [-0.2, 0) is 0 Å². The second-order valence-electron chi connectivity index (χ2n) is 11.2. The molecule has 0 fully saturated rings. The van der Waals surface area contributed by atoms with Crippen LogP contribution in [0.4, 0.5) is 0 Å². The first kappa shape index (κ1) is 24.0. The van der Waals surface area contributed by atoms with Gasteiger partial charge in [-0.3, -0.25) is 0 Å². The zero-order valence-corrected chi connectivity index (χ0v) is 23.4. The summed E-state index contributed by atoms with van der Waals surface area (Å²) in [5, 5.41) is 9.59. The molecule has 1 heteroatoms. The van der Waals surface area contributed by atoms with Gasteiger partial charge >= 0.3 is 0 Å². The molecule has 200 valence electrons. The van der Waals surface area contributed by atoms with Gasteiger partial charge in [-0.2, -0.15) is 0 Å². The Morgan fingerprint density at radius 2 is 0.884 bits per heavy atom. The monoisotopic (exact) mass is 546 g/mol. The molecule has 0 radical (unpaired) electrons. The molecule has 0 aliphatic rings. The average Bonchev–Trinajstić information content (AvgIpc) is 3.47. The van der Waals surface area contributed by atoms with E-state index in [9.17, 15) is 0 Å². The Morgan fingerprint density at radius 1 is 0.349 bits per heavy atom. The minimum absolute atomic E-state index is 0.906. The van der Waals surface area contributed by atoms with E-state index in [-0.39, 0.29) is 0 Å². The van der Waals surface area contributed by atoms with Gasteiger partial charge in [-0.25, -0.2) is 0 Å². The maximum atomic E-state index is 6.81. The van der Waals surface area contributed by atoms with Crippen molar-refractivity contribution in [2.45, 2.75) is 0 Å². The zero-order valence-electron chi connectivity index (χ0n) is 23.4. The van der Waals surface area contributed by atoms with Crippen LogP contribution >= 0.6 is 0 Å². The van der Waals surface area contributed by atoms with Gasteiger partial charge in [0.1, 0.15) is 11.2 Å². The summed E-state index contributed by atoms with van der Waals surface area (Å²) in [5.41, 5.74) is 9.09. The summed E-state index contributed by atoms with van der Waals surface area (Å²) in [4.78, 5) is 0. The van der Waals surface area contributed by atoms with Gasteiger partial charge in [0.25, 0.3) is 0 Å². The molecule has 43 heavy (non-hydrogen) atoms. The molecule has 0 saturated carbocycles. The van der Waals surface area contributed by atoms with E-state index < -0.39 is 0 Å². The van der Waals surface area contributed by atoms with Crippen molar-refractivity contribution in [2.75, 3.05) is 0 Å².